The lowest BCUT2D eigenvalue weighted by Gasteiger charge is -2.36. The molecule has 1 aliphatic heterocycles. The van der Waals surface area contributed by atoms with Crippen LogP contribution in [0.15, 0.2) is 41.1 Å². The summed E-state index contributed by atoms with van der Waals surface area (Å²) >= 11 is 0. The number of aromatic nitrogens is 2. The third-order valence-corrected chi connectivity index (χ3v) is 12.3. The number of rotatable bonds is 7. The summed E-state index contributed by atoms with van der Waals surface area (Å²) in [6.45, 7) is 12.9. The quantitative estimate of drug-likeness (QED) is 0.365. The van der Waals surface area contributed by atoms with Crippen molar-refractivity contribution in [2.45, 2.75) is 71.2 Å². The van der Waals surface area contributed by atoms with E-state index in [4.69, 9.17) is 8.95 Å². The first kappa shape index (κ1) is 25.4. The van der Waals surface area contributed by atoms with Gasteiger partial charge < -0.3 is 19.0 Å². The summed E-state index contributed by atoms with van der Waals surface area (Å²) in [7, 11) is -1.97. The number of aryl methyl sites for hydroxylation is 1. The van der Waals surface area contributed by atoms with Gasteiger partial charge in [-0.2, -0.15) is 0 Å². The van der Waals surface area contributed by atoms with Crippen LogP contribution in [0, 0.1) is 5.92 Å². The van der Waals surface area contributed by atoms with Gasteiger partial charge in [0.1, 0.15) is 0 Å². The molecule has 8 heteroatoms. The first-order valence-electron chi connectivity index (χ1n) is 12.5. The predicted molar refractivity (Wildman–Crippen MR) is 140 cm³/mol. The molecule has 0 unspecified atom stereocenters. The van der Waals surface area contributed by atoms with Gasteiger partial charge in [0, 0.05) is 35.8 Å². The molecule has 1 aromatic carbocycles. The fourth-order valence-corrected chi connectivity index (χ4v) is 5.36. The standard InChI is InChI=1S/C27H37N3O4Si/c1-27(2,3)35(4,5)33-18-22-20(23-8-6-7-15-28-23)10-11-21-24(29-34-25(21)22)12-9-19-13-16-30(17-14-19)26(31)32/h6-8,10-11,15,19H,9,12-14,16-18H2,1-5H3,(H,31,32). The molecule has 188 valence electrons. The number of carboxylic acid groups (broad SMARTS) is 1. The minimum absolute atomic E-state index is 0.106. The molecule has 4 rings (SSSR count). The molecule has 1 fully saturated rings. The van der Waals surface area contributed by atoms with Crippen molar-refractivity contribution in [1.29, 1.82) is 0 Å². The zero-order valence-corrected chi connectivity index (χ0v) is 22.5. The second-order valence-electron chi connectivity index (χ2n) is 11.1. The maximum Gasteiger partial charge on any atom is 0.407 e. The van der Waals surface area contributed by atoms with Crippen LogP contribution in [-0.4, -0.2) is 47.6 Å². The molecule has 0 saturated carbocycles. The van der Waals surface area contributed by atoms with Gasteiger partial charge in [-0.3, -0.25) is 4.98 Å². The van der Waals surface area contributed by atoms with Gasteiger partial charge in [0.05, 0.1) is 18.0 Å². The van der Waals surface area contributed by atoms with Crippen LogP contribution in [0.4, 0.5) is 4.79 Å². The van der Waals surface area contributed by atoms with E-state index in [1.54, 1.807) is 6.20 Å². The molecule has 1 amide bonds. The van der Waals surface area contributed by atoms with Crippen LogP contribution in [0.2, 0.25) is 18.1 Å². The van der Waals surface area contributed by atoms with Crippen molar-refractivity contribution in [3.8, 4) is 11.3 Å². The highest BCUT2D eigenvalue weighted by atomic mass is 28.4. The van der Waals surface area contributed by atoms with Crippen molar-refractivity contribution in [2.24, 2.45) is 5.92 Å². The first-order valence-corrected chi connectivity index (χ1v) is 15.4. The highest BCUT2D eigenvalue weighted by molar-refractivity contribution is 6.74. The van der Waals surface area contributed by atoms with Gasteiger partial charge >= 0.3 is 6.09 Å². The average Bonchev–Trinajstić information content (AvgIpc) is 3.24. The lowest BCUT2D eigenvalue weighted by Crippen LogP contribution is -2.40. The molecule has 0 spiro atoms. The highest BCUT2D eigenvalue weighted by Gasteiger charge is 2.37. The number of piperidine rings is 1. The topological polar surface area (TPSA) is 88.7 Å². The summed E-state index contributed by atoms with van der Waals surface area (Å²) in [6, 6.07) is 10.1. The van der Waals surface area contributed by atoms with E-state index in [0.29, 0.717) is 25.6 Å². The average molecular weight is 496 g/mol. The van der Waals surface area contributed by atoms with Crippen LogP contribution in [0.25, 0.3) is 22.2 Å². The van der Waals surface area contributed by atoms with Crippen molar-refractivity contribution in [1.82, 2.24) is 15.0 Å². The van der Waals surface area contributed by atoms with Gasteiger partial charge in [0.2, 0.25) is 0 Å². The van der Waals surface area contributed by atoms with Crippen molar-refractivity contribution in [3.63, 3.8) is 0 Å². The first-order chi connectivity index (χ1) is 16.6. The van der Waals surface area contributed by atoms with E-state index in [0.717, 1.165) is 59.2 Å². The number of pyridine rings is 1. The summed E-state index contributed by atoms with van der Waals surface area (Å²) in [5.74, 6) is 0.506. The van der Waals surface area contributed by atoms with E-state index in [-0.39, 0.29) is 5.04 Å². The molecule has 2 aromatic heterocycles. The molecule has 0 bridgehead atoms. The number of carbonyl (C=O) groups is 1. The van der Waals surface area contributed by atoms with Crippen LogP contribution in [0.3, 0.4) is 0 Å². The molecular formula is C27H37N3O4Si. The summed E-state index contributed by atoms with van der Waals surface area (Å²) in [6.07, 6.45) is 4.58. The number of hydrogen-bond donors (Lipinski definition) is 1. The van der Waals surface area contributed by atoms with E-state index >= 15 is 0 Å². The lowest BCUT2D eigenvalue weighted by atomic mass is 9.91. The third-order valence-electron chi connectivity index (χ3n) is 7.82. The summed E-state index contributed by atoms with van der Waals surface area (Å²) in [5, 5.41) is 14.8. The second kappa shape index (κ2) is 10.1. The van der Waals surface area contributed by atoms with Gasteiger partial charge in [-0.05, 0) is 67.9 Å². The summed E-state index contributed by atoms with van der Waals surface area (Å²) in [4.78, 5) is 17.3. The number of amides is 1. The molecular weight excluding hydrogens is 458 g/mol. The van der Waals surface area contributed by atoms with Gasteiger partial charge in [-0.25, -0.2) is 4.79 Å². The van der Waals surface area contributed by atoms with Crippen LogP contribution in [-0.2, 0) is 17.5 Å². The van der Waals surface area contributed by atoms with Crippen molar-refractivity contribution < 1.29 is 18.9 Å². The second-order valence-corrected chi connectivity index (χ2v) is 15.9. The van der Waals surface area contributed by atoms with Gasteiger partial charge in [0.15, 0.2) is 13.9 Å². The Labute approximate surface area is 208 Å². The number of likely N-dealkylation sites (tertiary alicyclic amines) is 1. The van der Waals surface area contributed by atoms with Crippen molar-refractivity contribution >= 4 is 25.4 Å². The maximum atomic E-state index is 11.2. The lowest BCUT2D eigenvalue weighted by molar-refractivity contribution is 0.123. The number of nitrogens with zero attached hydrogens (tertiary/aromatic N) is 3. The molecule has 35 heavy (non-hydrogen) atoms. The Hall–Kier alpha value is -2.71. The van der Waals surface area contributed by atoms with E-state index in [1.807, 2.05) is 18.2 Å². The summed E-state index contributed by atoms with van der Waals surface area (Å²) < 4.78 is 12.6. The molecule has 1 saturated heterocycles. The monoisotopic (exact) mass is 495 g/mol. The van der Waals surface area contributed by atoms with Crippen LogP contribution < -0.4 is 0 Å². The highest BCUT2D eigenvalue weighted by Crippen LogP contribution is 2.39. The fraction of sp³-hybridized carbons (Fsp3) is 0.519. The Morgan fingerprint density at radius 3 is 2.57 bits per heavy atom. The number of fused-ring (bicyclic) bond motifs is 1. The Balaban J connectivity index is 1.59. The SMILES string of the molecule is CC(C)(C)[Si](C)(C)OCc1c(-c2ccccn2)ccc2c(CCC3CCN(C(=O)O)CC3)noc12. The van der Waals surface area contributed by atoms with Crippen LogP contribution in [0.1, 0.15) is 51.3 Å². The molecule has 0 atom stereocenters. The third kappa shape index (κ3) is 5.59. The molecule has 1 N–H and O–H groups in total. The Morgan fingerprint density at radius 2 is 1.94 bits per heavy atom. The van der Waals surface area contributed by atoms with E-state index in [2.05, 4.69) is 56.1 Å². The van der Waals surface area contributed by atoms with Gasteiger partial charge in [-0.15, -0.1) is 0 Å². The fourth-order valence-electron chi connectivity index (χ4n) is 4.42. The van der Waals surface area contributed by atoms with E-state index in [9.17, 15) is 9.90 Å². The number of benzene rings is 1. The van der Waals surface area contributed by atoms with Crippen LogP contribution >= 0.6 is 0 Å². The zero-order chi connectivity index (χ0) is 25.2. The molecule has 0 radical (unpaired) electrons. The van der Waals surface area contributed by atoms with Crippen molar-refractivity contribution in [2.75, 3.05) is 13.1 Å². The maximum absolute atomic E-state index is 11.2. The molecule has 0 aliphatic carbocycles. The zero-order valence-electron chi connectivity index (χ0n) is 21.5. The molecule has 3 aromatic rings. The normalized spacial score (nSPS) is 15.6. The molecule has 1 aliphatic rings. The predicted octanol–water partition coefficient (Wildman–Crippen LogP) is 6.73. The van der Waals surface area contributed by atoms with E-state index < -0.39 is 14.4 Å². The van der Waals surface area contributed by atoms with Gasteiger partial charge in [0.25, 0.3) is 0 Å². The summed E-state index contributed by atoms with van der Waals surface area (Å²) in [5.41, 5.74) is 4.65. The van der Waals surface area contributed by atoms with Gasteiger partial charge in [-0.1, -0.05) is 38.1 Å². The van der Waals surface area contributed by atoms with Crippen LogP contribution in [0.5, 0.6) is 0 Å². The minimum Gasteiger partial charge on any atom is -0.465 e. The Morgan fingerprint density at radius 1 is 1.20 bits per heavy atom. The van der Waals surface area contributed by atoms with E-state index in [1.165, 1.54) is 4.90 Å². The largest absolute Gasteiger partial charge is 0.465 e. The molecule has 3 heterocycles. The smallest absolute Gasteiger partial charge is 0.407 e. The minimum atomic E-state index is -1.97. The van der Waals surface area contributed by atoms with Crippen molar-refractivity contribution in [3.05, 3.63) is 47.8 Å². The molecule has 7 nitrogen and oxygen atoms in total. The Bertz CT molecular complexity index is 1160. The number of hydrogen-bond acceptors (Lipinski definition) is 5. The Kier molecular flexibility index (Phi) is 7.33.